The van der Waals surface area contributed by atoms with Crippen LogP contribution < -0.4 is 5.32 Å². The molecule has 5 heteroatoms. The van der Waals surface area contributed by atoms with E-state index in [0.29, 0.717) is 24.0 Å². The number of carbonyl (C=O) groups is 1. The molecule has 24 heavy (non-hydrogen) atoms. The number of carbonyl (C=O) groups excluding carboxylic acids is 1. The summed E-state index contributed by atoms with van der Waals surface area (Å²) in [6.07, 6.45) is 6.36. The fourth-order valence-corrected chi connectivity index (χ4v) is 4.98. The molecule has 1 N–H and O–H groups in total. The van der Waals surface area contributed by atoms with Crippen molar-refractivity contribution in [3.05, 3.63) is 0 Å². The van der Waals surface area contributed by atoms with Gasteiger partial charge in [0.15, 0.2) is 0 Å². The van der Waals surface area contributed by atoms with Gasteiger partial charge in [0.2, 0.25) is 0 Å². The quantitative estimate of drug-likeness (QED) is 0.838. The van der Waals surface area contributed by atoms with Gasteiger partial charge in [0, 0.05) is 44.3 Å². The first-order chi connectivity index (χ1) is 11.5. The van der Waals surface area contributed by atoms with Crippen molar-refractivity contribution >= 4 is 6.03 Å². The average Bonchev–Trinajstić information content (AvgIpc) is 3.12. The van der Waals surface area contributed by atoms with Gasteiger partial charge in [-0.1, -0.05) is 6.92 Å². The molecule has 0 aromatic carbocycles. The third kappa shape index (κ3) is 4.23. The van der Waals surface area contributed by atoms with Crippen molar-refractivity contribution in [2.75, 3.05) is 39.3 Å². The predicted molar refractivity (Wildman–Crippen MR) is 98.2 cm³/mol. The van der Waals surface area contributed by atoms with E-state index in [1.807, 2.05) is 0 Å². The topological polar surface area (TPSA) is 38.8 Å². The highest BCUT2D eigenvalue weighted by Gasteiger charge is 2.39. The van der Waals surface area contributed by atoms with Crippen LogP contribution in [0.5, 0.6) is 0 Å². The molecule has 3 saturated heterocycles. The smallest absolute Gasteiger partial charge is 0.317 e. The van der Waals surface area contributed by atoms with Gasteiger partial charge in [-0.05, 0) is 65.0 Å². The standard InChI is InChI=1S/C19H36N4O/c1-15(2)23-17-6-7-18(23)14-22(11-8-17)19(24)20-12-16(3)13-21-9-4-5-10-21/h15-18H,4-14H2,1-3H3,(H,20,24)/t16-,17+,18-/m0/s1. The van der Waals surface area contributed by atoms with Gasteiger partial charge < -0.3 is 15.1 Å². The van der Waals surface area contributed by atoms with Crippen molar-refractivity contribution in [1.29, 1.82) is 0 Å². The van der Waals surface area contributed by atoms with Crippen LogP contribution in [0.15, 0.2) is 0 Å². The third-order valence-corrected chi connectivity index (χ3v) is 6.09. The summed E-state index contributed by atoms with van der Waals surface area (Å²) >= 11 is 0. The van der Waals surface area contributed by atoms with Gasteiger partial charge in [0.25, 0.3) is 0 Å². The molecule has 0 aromatic heterocycles. The molecule has 3 aliphatic rings. The number of urea groups is 1. The van der Waals surface area contributed by atoms with Crippen molar-refractivity contribution in [1.82, 2.24) is 20.0 Å². The van der Waals surface area contributed by atoms with Crippen LogP contribution in [-0.2, 0) is 0 Å². The molecule has 0 saturated carbocycles. The molecule has 3 fully saturated rings. The highest BCUT2D eigenvalue weighted by Crippen LogP contribution is 2.31. The van der Waals surface area contributed by atoms with Crippen LogP contribution in [0, 0.1) is 5.92 Å². The van der Waals surface area contributed by atoms with Crippen LogP contribution in [0.2, 0.25) is 0 Å². The summed E-state index contributed by atoms with van der Waals surface area (Å²) < 4.78 is 0. The lowest BCUT2D eigenvalue weighted by atomic mass is 10.1. The normalized spacial score (nSPS) is 29.9. The van der Waals surface area contributed by atoms with Crippen molar-refractivity contribution in [2.24, 2.45) is 5.92 Å². The van der Waals surface area contributed by atoms with Crippen LogP contribution in [-0.4, -0.2) is 78.1 Å². The maximum atomic E-state index is 12.6. The molecule has 3 aliphatic heterocycles. The van der Waals surface area contributed by atoms with Crippen molar-refractivity contribution in [2.45, 2.75) is 71.0 Å². The Balaban J connectivity index is 1.45. The summed E-state index contributed by atoms with van der Waals surface area (Å²) in [5, 5.41) is 3.20. The first-order valence-corrected chi connectivity index (χ1v) is 10.1. The number of amides is 2. The Hall–Kier alpha value is -0.810. The van der Waals surface area contributed by atoms with Crippen LogP contribution in [0.25, 0.3) is 0 Å². The number of hydrogen-bond donors (Lipinski definition) is 1. The lowest BCUT2D eigenvalue weighted by Crippen LogP contribution is -2.47. The Kier molecular flexibility index (Phi) is 6.03. The summed E-state index contributed by atoms with van der Waals surface area (Å²) in [5.41, 5.74) is 0. The Labute approximate surface area is 147 Å². The van der Waals surface area contributed by atoms with Crippen molar-refractivity contribution in [3.8, 4) is 0 Å². The molecule has 0 unspecified atom stereocenters. The minimum Gasteiger partial charge on any atom is -0.338 e. The summed E-state index contributed by atoms with van der Waals surface area (Å²) in [5.74, 6) is 0.530. The molecule has 2 bridgehead atoms. The molecule has 0 aromatic rings. The summed E-state index contributed by atoms with van der Waals surface area (Å²) in [4.78, 5) is 19.9. The van der Waals surface area contributed by atoms with E-state index in [0.717, 1.165) is 32.6 Å². The van der Waals surface area contributed by atoms with E-state index in [2.05, 4.69) is 40.8 Å². The minimum absolute atomic E-state index is 0.152. The fraction of sp³-hybridized carbons (Fsp3) is 0.947. The zero-order valence-corrected chi connectivity index (χ0v) is 15.8. The molecule has 0 radical (unpaired) electrons. The molecule has 2 amide bonds. The fourth-order valence-electron chi connectivity index (χ4n) is 4.98. The first-order valence-electron chi connectivity index (χ1n) is 10.1. The zero-order chi connectivity index (χ0) is 17.1. The van der Waals surface area contributed by atoms with E-state index >= 15 is 0 Å². The Morgan fingerprint density at radius 2 is 1.75 bits per heavy atom. The van der Waals surface area contributed by atoms with Gasteiger partial charge in [0.05, 0.1) is 0 Å². The number of nitrogens with one attached hydrogen (secondary N) is 1. The van der Waals surface area contributed by atoms with E-state index in [9.17, 15) is 4.79 Å². The van der Waals surface area contributed by atoms with Gasteiger partial charge >= 0.3 is 6.03 Å². The SMILES string of the molecule is CC(C)N1[C@@H]2CC[C@H]1CN(C(=O)NC[C@H](C)CN1CCCC1)CC2. The molecule has 0 spiro atoms. The summed E-state index contributed by atoms with van der Waals surface area (Å²) in [6, 6.07) is 1.98. The van der Waals surface area contributed by atoms with Crippen molar-refractivity contribution < 1.29 is 4.79 Å². The minimum atomic E-state index is 0.152. The second kappa shape index (κ2) is 8.05. The van der Waals surface area contributed by atoms with Crippen LogP contribution in [0.3, 0.4) is 0 Å². The second-order valence-electron chi connectivity index (χ2n) is 8.46. The number of rotatable bonds is 5. The monoisotopic (exact) mass is 336 g/mol. The molecule has 3 atom stereocenters. The van der Waals surface area contributed by atoms with Crippen molar-refractivity contribution in [3.63, 3.8) is 0 Å². The molecule has 3 heterocycles. The molecule has 0 aliphatic carbocycles. The van der Waals surface area contributed by atoms with Gasteiger partial charge in [-0.2, -0.15) is 0 Å². The maximum absolute atomic E-state index is 12.6. The molecule has 3 rings (SSSR count). The molecular weight excluding hydrogens is 300 g/mol. The van der Waals surface area contributed by atoms with Gasteiger partial charge in [0.1, 0.15) is 0 Å². The predicted octanol–water partition coefficient (Wildman–Crippen LogP) is 2.38. The number of fused-ring (bicyclic) bond motifs is 2. The second-order valence-corrected chi connectivity index (χ2v) is 8.46. The summed E-state index contributed by atoms with van der Waals surface area (Å²) in [6.45, 7) is 13.0. The van der Waals surface area contributed by atoms with E-state index < -0.39 is 0 Å². The largest absolute Gasteiger partial charge is 0.338 e. The molecule has 138 valence electrons. The Bertz CT molecular complexity index is 422. The lowest BCUT2D eigenvalue weighted by molar-refractivity contribution is 0.146. The molecular formula is C19H36N4O. The average molecular weight is 337 g/mol. The van der Waals surface area contributed by atoms with Gasteiger partial charge in [-0.3, -0.25) is 4.90 Å². The van der Waals surface area contributed by atoms with Crippen LogP contribution >= 0.6 is 0 Å². The Morgan fingerprint density at radius 3 is 2.46 bits per heavy atom. The third-order valence-electron chi connectivity index (χ3n) is 6.09. The number of hydrogen-bond acceptors (Lipinski definition) is 3. The number of nitrogens with zero attached hydrogens (tertiary/aromatic N) is 3. The first kappa shape index (κ1) is 18.0. The van der Waals surface area contributed by atoms with Crippen LogP contribution in [0.4, 0.5) is 4.79 Å². The van der Waals surface area contributed by atoms with E-state index in [1.165, 1.54) is 38.8 Å². The van der Waals surface area contributed by atoms with E-state index in [1.54, 1.807) is 0 Å². The van der Waals surface area contributed by atoms with E-state index in [-0.39, 0.29) is 6.03 Å². The van der Waals surface area contributed by atoms with Gasteiger partial charge in [-0.15, -0.1) is 0 Å². The Morgan fingerprint density at radius 1 is 1.04 bits per heavy atom. The maximum Gasteiger partial charge on any atom is 0.317 e. The van der Waals surface area contributed by atoms with E-state index in [4.69, 9.17) is 0 Å². The zero-order valence-electron chi connectivity index (χ0n) is 15.8. The lowest BCUT2D eigenvalue weighted by Gasteiger charge is -2.32. The van der Waals surface area contributed by atoms with Crippen LogP contribution in [0.1, 0.15) is 52.9 Å². The number of likely N-dealkylation sites (tertiary alicyclic amines) is 2. The highest BCUT2D eigenvalue weighted by atomic mass is 16.2. The molecule has 5 nitrogen and oxygen atoms in total. The summed E-state index contributed by atoms with van der Waals surface area (Å²) in [7, 11) is 0. The highest BCUT2D eigenvalue weighted by molar-refractivity contribution is 5.74. The van der Waals surface area contributed by atoms with Gasteiger partial charge in [-0.25, -0.2) is 4.79 Å².